The summed E-state index contributed by atoms with van der Waals surface area (Å²) in [5.74, 6) is 0.0855. The molecule has 3 nitrogen and oxygen atoms in total. The van der Waals surface area contributed by atoms with Gasteiger partial charge in [0, 0.05) is 19.5 Å². The van der Waals surface area contributed by atoms with Crippen LogP contribution in [0.25, 0.3) is 0 Å². The first-order chi connectivity index (χ1) is 5.79. The van der Waals surface area contributed by atoms with E-state index in [0.717, 1.165) is 19.5 Å². The first kappa shape index (κ1) is 9.52. The van der Waals surface area contributed by atoms with Crippen molar-refractivity contribution in [2.45, 2.75) is 38.6 Å². The highest BCUT2D eigenvalue weighted by Crippen LogP contribution is 2.05. The summed E-state index contributed by atoms with van der Waals surface area (Å²) in [5.41, 5.74) is 0. The van der Waals surface area contributed by atoms with Crippen LogP contribution in [-0.2, 0) is 4.79 Å². The van der Waals surface area contributed by atoms with Crippen molar-refractivity contribution in [3.63, 3.8) is 0 Å². The molecule has 2 N–H and O–H groups in total. The van der Waals surface area contributed by atoms with Crippen LogP contribution in [0.15, 0.2) is 0 Å². The first-order valence-electron chi connectivity index (χ1n) is 4.77. The number of amides is 1. The normalized spacial score (nSPS) is 25.6. The van der Waals surface area contributed by atoms with Gasteiger partial charge in [0.1, 0.15) is 0 Å². The zero-order chi connectivity index (χ0) is 8.81. The lowest BCUT2D eigenvalue weighted by Gasteiger charge is -2.20. The van der Waals surface area contributed by atoms with E-state index in [1.54, 1.807) is 6.92 Å². The van der Waals surface area contributed by atoms with Crippen LogP contribution in [0.2, 0.25) is 0 Å². The van der Waals surface area contributed by atoms with Gasteiger partial charge in [-0.05, 0) is 19.4 Å². The minimum atomic E-state index is 0.0855. The van der Waals surface area contributed by atoms with Crippen molar-refractivity contribution in [2.24, 2.45) is 0 Å². The predicted molar refractivity (Wildman–Crippen MR) is 48.9 cm³/mol. The van der Waals surface area contributed by atoms with Gasteiger partial charge in [-0.3, -0.25) is 4.79 Å². The second kappa shape index (κ2) is 5.14. The van der Waals surface area contributed by atoms with E-state index in [2.05, 4.69) is 10.6 Å². The summed E-state index contributed by atoms with van der Waals surface area (Å²) in [6, 6.07) is 0.350. The summed E-state index contributed by atoms with van der Waals surface area (Å²) in [6.07, 6.45) is 4.91. The number of hydrogen-bond donors (Lipinski definition) is 2. The number of hydrogen-bond acceptors (Lipinski definition) is 2. The summed E-state index contributed by atoms with van der Waals surface area (Å²) in [6.45, 7) is 3.61. The molecule has 0 unspecified atom stereocenters. The van der Waals surface area contributed by atoms with Crippen molar-refractivity contribution in [3.05, 3.63) is 0 Å². The van der Waals surface area contributed by atoms with Gasteiger partial charge in [0.2, 0.25) is 5.91 Å². The van der Waals surface area contributed by atoms with Crippen molar-refractivity contribution < 1.29 is 4.79 Å². The Labute approximate surface area is 73.9 Å². The second-order valence-corrected chi connectivity index (χ2v) is 3.45. The standard InChI is InChI=1S/C9H18N2O/c1-8(12)11-9-5-3-2-4-6-10-7-9/h9-10H,2-7H2,1H3,(H,11,12)/t9-/m0/s1. The Morgan fingerprint density at radius 3 is 3.00 bits per heavy atom. The van der Waals surface area contributed by atoms with Gasteiger partial charge in [-0.25, -0.2) is 0 Å². The van der Waals surface area contributed by atoms with E-state index in [1.807, 2.05) is 0 Å². The average molecular weight is 170 g/mol. The third-order valence-corrected chi connectivity index (χ3v) is 2.20. The maximum atomic E-state index is 10.8. The molecule has 0 radical (unpaired) electrons. The zero-order valence-electron chi connectivity index (χ0n) is 7.73. The van der Waals surface area contributed by atoms with Crippen molar-refractivity contribution in [2.75, 3.05) is 13.1 Å². The maximum absolute atomic E-state index is 10.8. The topological polar surface area (TPSA) is 41.1 Å². The van der Waals surface area contributed by atoms with E-state index < -0.39 is 0 Å². The molecule has 0 aromatic rings. The highest BCUT2D eigenvalue weighted by Gasteiger charge is 2.10. The fraction of sp³-hybridized carbons (Fsp3) is 0.889. The van der Waals surface area contributed by atoms with Crippen molar-refractivity contribution in [1.29, 1.82) is 0 Å². The number of rotatable bonds is 1. The number of nitrogens with one attached hydrogen (secondary N) is 2. The molecule has 1 amide bonds. The molecule has 1 heterocycles. The van der Waals surface area contributed by atoms with Gasteiger partial charge in [-0.15, -0.1) is 0 Å². The van der Waals surface area contributed by atoms with E-state index in [0.29, 0.717) is 6.04 Å². The summed E-state index contributed by atoms with van der Waals surface area (Å²) in [4.78, 5) is 10.8. The lowest BCUT2D eigenvalue weighted by Crippen LogP contribution is -2.42. The smallest absolute Gasteiger partial charge is 0.217 e. The summed E-state index contributed by atoms with van der Waals surface area (Å²) in [5, 5.41) is 6.28. The molecule has 1 rings (SSSR count). The zero-order valence-corrected chi connectivity index (χ0v) is 7.73. The molecule has 1 aliphatic rings. The van der Waals surface area contributed by atoms with Crippen LogP contribution in [0.3, 0.4) is 0 Å². The molecular weight excluding hydrogens is 152 g/mol. The molecule has 0 aromatic carbocycles. The summed E-state index contributed by atoms with van der Waals surface area (Å²) < 4.78 is 0. The minimum Gasteiger partial charge on any atom is -0.352 e. The fourth-order valence-electron chi connectivity index (χ4n) is 1.61. The van der Waals surface area contributed by atoms with E-state index in [9.17, 15) is 4.79 Å². The Balaban J connectivity index is 2.24. The Kier molecular flexibility index (Phi) is 4.08. The highest BCUT2D eigenvalue weighted by molar-refractivity contribution is 5.73. The van der Waals surface area contributed by atoms with Gasteiger partial charge < -0.3 is 10.6 Å². The second-order valence-electron chi connectivity index (χ2n) is 3.45. The van der Waals surface area contributed by atoms with E-state index in [1.165, 1.54) is 19.3 Å². The van der Waals surface area contributed by atoms with Crippen LogP contribution >= 0.6 is 0 Å². The van der Waals surface area contributed by atoms with Gasteiger partial charge in [-0.1, -0.05) is 12.8 Å². The molecule has 3 heteroatoms. The maximum Gasteiger partial charge on any atom is 0.217 e. The Hall–Kier alpha value is -0.570. The summed E-state index contributed by atoms with van der Waals surface area (Å²) in [7, 11) is 0. The quantitative estimate of drug-likeness (QED) is 0.607. The van der Waals surface area contributed by atoms with Crippen molar-refractivity contribution in [3.8, 4) is 0 Å². The number of carbonyl (C=O) groups excluding carboxylic acids is 1. The SMILES string of the molecule is CC(=O)N[C@H]1CCCCCNC1. The van der Waals surface area contributed by atoms with Crippen molar-refractivity contribution >= 4 is 5.91 Å². The molecule has 0 aliphatic carbocycles. The molecule has 0 saturated carbocycles. The van der Waals surface area contributed by atoms with Gasteiger partial charge in [-0.2, -0.15) is 0 Å². The van der Waals surface area contributed by atoms with Gasteiger partial charge >= 0.3 is 0 Å². The van der Waals surface area contributed by atoms with Crippen LogP contribution < -0.4 is 10.6 Å². The lowest BCUT2D eigenvalue weighted by atomic mass is 10.1. The molecule has 1 fully saturated rings. The van der Waals surface area contributed by atoms with Crippen molar-refractivity contribution in [1.82, 2.24) is 10.6 Å². The molecular formula is C9H18N2O. The third-order valence-electron chi connectivity index (χ3n) is 2.20. The Morgan fingerprint density at radius 1 is 1.42 bits per heavy atom. The van der Waals surface area contributed by atoms with Crippen LogP contribution in [0.1, 0.15) is 32.6 Å². The predicted octanol–water partition coefficient (Wildman–Crippen LogP) is 0.655. The molecule has 0 aromatic heterocycles. The Morgan fingerprint density at radius 2 is 2.25 bits per heavy atom. The molecule has 70 valence electrons. The largest absolute Gasteiger partial charge is 0.352 e. The number of carbonyl (C=O) groups is 1. The van der Waals surface area contributed by atoms with Gasteiger partial charge in [0.25, 0.3) is 0 Å². The molecule has 12 heavy (non-hydrogen) atoms. The molecule has 0 bridgehead atoms. The Bertz CT molecular complexity index is 139. The summed E-state index contributed by atoms with van der Waals surface area (Å²) >= 11 is 0. The molecule has 1 atom stereocenters. The van der Waals surface area contributed by atoms with Gasteiger partial charge in [0.15, 0.2) is 0 Å². The van der Waals surface area contributed by atoms with Crippen LogP contribution in [0.5, 0.6) is 0 Å². The van der Waals surface area contributed by atoms with Gasteiger partial charge in [0.05, 0.1) is 0 Å². The first-order valence-corrected chi connectivity index (χ1v) is 4.77. The van der Waals surface area contributed by atoms with Crippen LogP contribution in [0, 0.1) is 0 Å². The lowest BCUT2D eigenvalue weighted by molar-refractivity contribution is -0.119. The third kappa shape index (κ3) is 3.72. The average Bonchev–Trinajstić information content (AvgIpc) is 1.93. The molecule has 1 saturated heterocycles. The molecule has 0 spiro atoms. The van der Waals surface area contributed by atoms with E-state index in [-0.39, 0.29) is 5.91 Å². The minimum absolute atomic E-state index is 0.0855. The highest BCUT2D eigenvalue weighted by atomic mass is 16.1. The fourth-order valence-corrected chi connectivity index (χ4v) is 1.61. The van der Waals surface area contributed by atoms with Crippen LogP contribution in [0.4, 0.5) is 0 Å². The molecule has 1 aliphatic heterocycles. The van der Waals surface area contributed by atoms with E-state index >= 15 is 0 Å². The van der Waals surface area contributed by atoms with E-state index in [4.69, 9.17) is 0 Å². The van der Waals surface area contributed by atoms with Crippen LogP contribution in [-0.4, -0.2) is 25.0 Å². The monoisotopic (exact) mass is 170 g/mol.